The maximum Gasteiger partial charge on any atom is 0.231 e. The molecule has 4 rings (SSSR count). The number of fused-ring (bicyclic) bond motifs is 2. The van der Waals surface area contributed by atoms with Crippen molar-refractivity contribution in [3.8, 4) is 11.3 Å². The number of nitrogens with two attached hydrogens (primary N) is 1. The average Bonchev–Trinajstić information content (AvgIpc) is 3.22. The SMILES string of the molecule is Cl.NC1C2CCC(C2)C1C(=O)Nc1nc(-c2cccc(F)c2)cs1. The lowest BCUT2D eigenvalue weighted by Crippen LogP contribution is -2.42. The van der Waals surface area contributed by atoms with Crippen LogP contribution in [-0.2, 0) is 4.79 Å². The maximum absolute atomic E-state index is 13.3. The Balaban J connectivity index is 0.00000169. The van der Waals surface area contributed by atoms with E-state index in [1.54, 1.807) is 12.1 Å². The summed E-state index contributed by atoms with van der Waals surface area (Å²) in [6, 6.07) is 6.25. The van der Waals surface area contributed by atoms with Crippen molar-refractivity contribution >= 4 is 34.8 Å². The Morgan fingerprint density at radius 3 is 2.83 bits per heavy atom. The topological polar surface area (TPSA) is 68.0 Å². The third-order valence-electron chi connectivity index (χ3n) is 5.14. The van der Waals surface area contributed by atoms with E-state index in [0.29, 0.717) is 28.2 Å². The number of benzene rings is 1. The molecule has 0 radical (unpaired) electrons. The number of amides is 1. The highest BCUT2D eigenvalue weighted by Crippen LogP contribution is 2.48. The van der Waals surface area contributed by atoms with E-state index in [-0.39, 0.29) is 36.1 Å². The van der Waals surface area contributed by atoms with Gasteiger partial charge >= 0.3 is 0 Å². The van der Waals surface area contributed by atoms with E-state index in [0.717, 1.165) is 19.3 Å². The van der Waals surface area contributed by atoms with Crippen LogP contribution in [0.1, 0.15) is 19.3 Å². The second-order valence-corrected chi connectivity index (χ2v) is 7.33. The minimum Gasteiger partial charge on any atom is -0.327 e. The molecule has 3 N–H and O–H groups in total. The van der Waals surface area contributed by atoms with Crippen molar-refractivity contribution in [3.05, 3.63) is 35.5 Å². The Hall–Kier alpha value is -1.50. The van der Waals surface area contributed by atoms with Crippen molar-refractivity contribution in [3.63, 3.8) is 0 Å². The van der Waals surface area contributed by atoms with Crippen LogP contribution in [0.15, 0.2) is 29.6 Å². The zero-order valence-corrected chi connectivity index (χ0v) is 14.6. The van der Waals surface area contributed by atoms with Gasteiger partial charge in [-0.25, -0.2) is 9.37 Å². The first-order valence-electron chi connectivity index (χ1n) is 7.90. The fourth-order valence-corrected chi connectivity index (χ4v) is 4.75. The summed E-state index contributed by atoms with van der Waals surface area (Å²) < 4.78 is 13.3. The van der Waals surface area contributed by atoms with Gasteiger partial charge in [0.1, 0.15) is 5.82 Å². The van der Waals surface area contributed by atoms with Crippen LogP contribution in [-0.4, -0.2) is 16.9 Å². The molecule has 128 valence electrons. The molecule has 1 aromatic heterocycles. The first-order valence-corrected chi connectivity index (χ1v) is 8.77. The molecule has 1 heterocycles. The van der Waals surface area contributed by atoms with Crippen LogP contribution in [0.2, 0.25) is 0 Å². The fraction of sp³-hybridized carbons (Fsp3) is 0.412. The molecule has 0 saturated heterocycles. The molecule has 1 aromatic carbocycles. The van der Waals surface area contributed by atoms with Crippen LogP contribution in [0.4, 0.5) is 9.52 Å². The Bertz CT molecular complexity index is 751. The molecule has 2 aliphatic carbocycles. The lowest BCUT2D eigenvalue weighted by molar-refractivity contribution is -0.121. The molecule has 24 heavy (non-hydrogen) atoms. The lowest BCUT2D eigenvalue weighted by Gasteiger charge is -2.26. The van der Waals surface area contributed by atoms with E-state index < -0.39 is 0 Å². The Labute approximate surface area is 150 Å². The normalized spacial score (nSPS) is 27.8. The summed E-state index contributed by atoms with van der Waals surface area (Å²) in [7, 11) is 0. The highest BCUT2D eigenvalue weighted by atomic mass is 35.5. The Morgan fingerprint density at radius 1 is 1.33 bits per heavy atom. The molecule has 2 bridgehead atoms. The van der Waals surface area contributed by atoms with Gasteiger partial charge in [-0.05, 0) is 43.2 Å². The number of anilines is 1. The summed E-state index contributed by atoms with van der Waals surface area (Å²) in [5.74, 6) is 0.488. The van der Waals surface area contributed by atoms with Crippen LogP contribution in [0, 0.1) is 23.6 Å². The van der Waals surface area contributed by atoms with Gasteiger partial charge in [-0.15, -0.1) is 23.7 Å². The molecule has 1 amide bonds. The molecule has 7 heteroatoms. The predicted octanol–water partition coefficient (Wildman–Crippen LogP) is 3.68. The highest BCUT2D eigenvalue weighted by Gasteiger charge is 2.49. The highest BCUT2D eigenvalue weighted by molar-refractivity contribution is 7.14. The van der Waals surface area contributed by atoms with Gasteiger partial charge in [0.2, 0.25) is 5.91 Å². The van der Waals surface area contributed by atoms with E-state index in [2.05, 4.69) is 10.3 Å². The van der Waals surface area contributed by atoms with E-state index in [1.807, 2.05) is 5.38 Å². The van der Waals surface area contributed by atoms with Crippen molar-refractivity contribution in [2.75, 3.05) is 5.32 Å². The van der Waals surface area contributed by atoms with Gasteiger partial charge < -0.3 is 11.1 Å². The number of rotatable bonds is 3. The number of nitrogens with one attached hydrogen (secondary N) is 1. The molecule has 0 spiro atoms. The van der Waals surface area contributed by atoms with E-state index in [4.69, 9.17) is 5.73 Å². The first kappa shape index (κ1) is 17.3. The van der Waals surface area contributed by atoms with Crippen molar-refractivity contribution in [1.29, 1.82) is 0 Å². The third-order valence-corrected chi connectivity index (χ3v) is 5.90. The van der Waals surface area contributed by atoms with Gasteiger partial charge in [-0.3, -0.25) is 4.79 Å². The van der Waals surface area contributed by atoms with E-state index >= 15 is 0 Å². The van der Waals surface area contributed by atoms with Crippen LogP contribution in [0.3, 0.4) is 0 Å². The number of aromatic nitrogens is 1. The number of carbonyl (C=O) groups excluding carboxylic acids is 1. The number of halogens is 2. The molecule has 4 unspecified atom stereocenters. The summed E-state index contributed by atoms with van der Waals surface area (Å²) in [5.41, 5.74) is 7.59. The zero-order chi connectivity index (χ0) is 16.0. The average molecular weight is 368 g/mol. The molecule has 0 aliphatic heterocycles. The number of nitrogens with zero attached hydrogens (tertiary/aromatic N) is 1. The fourth-order valence-electron chi connectivity index (χ4n) is 4.03. The van der Waals surface area contributed by atoms with Crippen molar-refractivity contribution in [2.45, 2.75) is 25.3 Å². The molecule has 4 atom stereocenters. The monoisotopic (exact) mass is 367 g/mol. The second-order valence-electron chi connectivity index (χ2n) is 6.47. The molecule has 2 fully saturated rings. The zero-order valence-electron chi connectivity index (χ0n) is 12.9. The smallest absolute Gasteiger partial charge is 0.231 e. The summed E-state index contributed by atoms with van der Waals surface area (Å²) >= 11 is 1.35. The third kappa shape index (κ3) is 3.06. The molecule has 2 aliphatic rings. The number of carbonyl (C=O) groups is 1. The standard InChI is InChI=1S/C17H18FN3OS.ClH/c18-12-3-1-2-9(7-12)13-8-23-17(20-13)21-16(22)14-10-4-5-11(6-10)15(14)19;/h1-3,7-8,10-11,14-15H,4-6,19H2,(H,20,21,22);1H. The predicted molar refractivity (Wildman–Crippen MR) is 95.7 cm³/mol. The quantitative estimate of drug-likeness (QED) is 0.869. The van der Waals surface area contributed by atoms with Gasteiger partial charge in [-0.1, -0.05) is 12.1 Å². The number of thiazole rings is 1. The molecular formula is C17H19ClFN3OS. The van der Waals surface area contributed by atoms with Gasteiger partial charge in [0.25, 0.3) is 0 Å². The van der Waals surface area contributed by atoms with Gasteiger partial charge in [0.05, 0.1) is 11.6 Å². The second kappa shape index (κ2) is 6.78. The van der Waals surface area contributed by atoms with Crippen LogP contribution in [0.25, 0.3) is 11.3 Å². The van der Waals surface area contributed by atoms with Crippen molar-refractivity contribution < 1.29 is 9.18 Å². The van der Waals surface area contributed by atoms with E-state index in [9.17, 15) is 9.18 Å². The number of hydrogen-bond acceptors (Lipinski definition) is 4. The molecule has 2 aromatic rings. The Morgan fingerprint density at radius 2 is 2.12 bits per heavy atom. The Kier molecular flexibility index (Phi) is 4.90. The van der Waals surface area contributed by atoms with Crippen LogP contribution >= 0.6 is 23.7 Å². The summed E-state index contributed by atoms with van der Waals surface area (Å²) in [5, 5.41) is 5.27. The summed E-state index contributed by atoms with van der Waals surface area (Å²) in [6.45, 7) is 0. The first-order chi connectivity index (χ1) is 11.1. The van der Waals surface area contributed by atoms with Crippen molar-refractivity contribution in [2.24, 2.45) is 23.5 Å². The van der Waals surface area contributed by atoms with Gasteiger partial charge in [0.15, 0.2) is 5.13 Å². The summed E-state index contributed by atoms with van der Waals surface area (Å²) in [6.07, 6.45) is 3.32. The molecule has 2 saturated carbocycles. The van der Waals surface area contributed by atoms with Gasteiger partial charge in [0, 0.05) is 17.0 Å². The molecular weight excluding hydrogens is 349 g/mol. The van der Waals surface area contributed by atoms with Crippen LogP contribution in [0.5, 0.6) is 0 Å². The minimum absolute atomic E-state index is 0. The van der Waals surface area contributed by atoms with Crippen LogP contribution < -0.4 is 11.1 Å². The lowest BCUT2D eigenvalue weighted by atomic mass is 9.84. The van der Waals surface area contributed by atoms with E-state index in [1.165, 1.54) is 23.5 Å². The maximum atomic E-state index is 13.3. The summed E-state index contributed by atoms with van der Waals surface area (Å²) in [4.78, 5) is 16.9. The van der Waals surface area contributed by atoms with Gasteiger partial charge in [-0.2, -0.15) is 0 Å². The minimum atomic E-state index is -0.297. The number of hydrogen-bond donors (Lipinski definition) is 2. The molecule has 4 nitrogen and oxygen atoms in total. The van der Waals surface area contributed by atoms with Crippen molar-refractivity contribution in [1.82, 2.24) is 4.98 Å². The largest absolute Gasteiger partial charge is 0.327 e.